The summed E-state index contributed by atoms with van der Waals surface area (Å²) in [6.07, 6.45) is 1.32. The average molecular weight is 343 g/mol. The van der Waals surface area contributed by atoms with Crippen molar-refractivity contribution in [3.05, 3.63) is 59.3 Å². The van der Waals surface area contributed by atoms with Crippen LogP contribution in [0.1, 0.15) is 0 Å². The van der Waals surface area contributed by atoms with E-state index in [0.29, 0.717) is 27.8 Å². The monoisotopic (exact) mass is 342 g/mol. The molecule has 0 aromatic heterocycles. The highest BCUT2D eigenvalue weighted by Gasteiger charge is 2.10. The molecule has 0 saturated heterocycles. The summed E-state index contributed by atoms with van der Waals surface area (Å²) in [5.74, 6) is 0.0987. The molecular formula is C17H15ClN4O2. The number of carbonyl (C=O) groups is 1. The number of nitriles is 1. The van der Waals surface area contributed by atoms with E-state index in [-0.39, 0.29) is 5.57 Å². The van der Waals surface area contributed by atoms with Crippen molar-refractivity contribution in [2.45, 2.75) is 0 Å². The summed E-state index contributed by atoms with van der Waals surface area (Å²) in [5.41, 5.74) is 7.06. The van der Waals surface area contributed by atoms with E-state index in [9.17, 15) is 4.79 Å². The lowest BCUT2D eigenvalue weighted by Crippen LogP contribution is -2.14. The highest BCUT2D eigenvalue weighted by molar-refractivity contribution is 6.33. The number of carbonyl (C=O) groups excluding carboxylic acids is 1. The van der Waals surface area contributed by atoms with Crippen LogP contribution >= 0.6 is 11.6 Å². The first-order chi connectivity index (χ1) is 11.5. The van der Waals surface area contributed by atoms with Gasteiger partial charge in [-0.15, -0.1) is 0 Å². The number of benzene rings is 2. The third-order valence-corrected chi connectivity index (χ3v) is 3.40. The van der Waals surface area contributed by atoms with Crippen LogP contribution in [0.3, 0.4) is 0 Å². The Morgan fingerprint density at radius 1 is 1.29 bits per heavy atom. The van der Waals surface area contributed by atoms with E-state index in [1.807, 2.05) is 6.07 Å². The number of halogens is 1. The van der Waals surface area contributed by atoms with Crippen molar-refractivity contribution in [1.82, 2.24) is 0 Å². The molecule has 2 rings (SSSR count). The minimum absolute atomic E-state index is 0.0919. The minimum atomic E-state index is -0.561. The molecule has 4 N–H and O–H groups in total. The predicted octanol–water partition coefficient (Wildman–Crippen LogP) is 3.39. The number of amides is 1. The lowest BCUT2D eigenvalue weighted by Gasteiger charge is -2.07. The third kappa shape index (κ3) is 4.41. The first-order valence-corrected chi connectivity index (χ1v) is 7.28. The number of nitrogens with two attached hydrogens (primary N) is 1. The summed E-state index contributed by atoms with van der Waals surface area (Å²) < 4.78 is 5.11. The highest BCUT2D eigenvalue weighted by Crippen LogP contribution is 2.23. The first kappa shape index (κ1) is 17.2. The Morgan fingerprint density at radius 2 is 2.08 bits per heavy atom. The van der Waals surface area contributed by atoms with E-state index in [4.69, 9.17) is 27.3 Å². The third-order valence-electron chi connectivity index (χ3n) is 3.08. The van der Waals surface area contributed by atoms with Gasteiger partial charge in [-0.05, 0) is 30.3 Å². The molecule has 0 radical (unpaired) electrons. The van der Waals surface area contributed by atoms with Crippen LogP contribution in [0.25, 0.3) is 0 Å². The smallest absolute Gasteiger partial charge is 0.267 e. The van der Waals surface area contributed by atoms with Gasteiger partial charge in [-0.2, -0.15) is 5.26 Å². The van der Waals surface area contributed by atoms with E-state index >= 15 is 0 Å². The second-order valence-corrected chi connectivity index (χ2v) is 5.14. The van der Waals surface area contributed by atoms with Crippen LogP contribution in [-0.4, -0.2) is 13.0 Å². The summed E-state index contributed by atoms with van der Waals surface area (Å²) in [6.45, 7) is 0. The SMILES string of the molecule is COc1cccc(N/C=C(/C#N)C(=O)Nc2ccc(N)c(Cl)c2)c1. The summed E-state index contributed by atoms with van der Waals surface area (Å²) in [5, 5.41) is 15.0. The van der Waals surface area contributed by atoms with Gasteiger partial charge >= 0.3 is 0 Å². The van der Waals surface area contributed by atoms with Gasteiger partial charge in [0.2, 0.25) is 0 Å². The second-order valence-electron chi connectivity index (χ2n) is 4.74. The summed E-state index contributed by atoms with van der Waals surface area (Å²) in [6, 6.07) is 13.6. The molecule has 0 atom stereocenters. The van der Waals surface area contributed by atoms with Crippen LogP contribution in [0.2, 0.25) is 5.02 Å². The van der Waals surface area contributed by atoms with E-state index in [1.165, 1.54) is 12.3 Å². The van der Waals surface area contributed by atoms with Crippen LogP contribution in [0.5, 0.6) is 5.75 Å². The average Bonchev–Trinajstić information content (AvgIpc) is 2.59. The summed E-state index contributed by atoms with van der Waals surface area (Å²) in [4.78, 5) is 12.1. The quantitative estimate of drug-likeness (QED) is 0.439. The lowest BCUT2D eigenvalue weighted by molar-refractivity contribution is -0.112. The molecule has 122 valence electrons. The van der Waals surface area contributed by atoms with Crippen molar-refractivity contribution in [1.29, 1.82) is 5.26 Å². The van der Waals surface area contributed by atoms with E-state index in [2.05, 4.69) is 10.6 Å². The van der Waals surface area contributed by atoms with Crippen molar-refractivity contribution in [2.75, 3.05) is 23.5 Å². The van der Waals surface area contributed by atoms with Crippen molar-refractivity contribution in [3.63, 3.8) is 0 Å². The molecule has 7 heteroatoms. The number of rotatable bonds is 5. The molecule has 0 aliphatic rings. The molecule has 0 heterocycles. The topological polar surface area (TPSA) is 100 Å². The molecule has 0 aliphatic heterocycles. The van der Waals surface area contributed by atoms with Gasteiger partial charge in [0.1, 0.15) is 17.4 Å². The van der Waals surface area contributed by atoms with Gasteiger partial charge in [0.05, 0.1) is 17.8 Å². The number of hydrogen-bond acceptors (Lipinski definition) is 5. The largest absolute Gasteiger partial charge is 0.497 e. The number of hydrogen-bond donors (Lipinski definition) is 3. The fraction of sp³-hybridized carbons (Fsp3) is 0.0588. The molecule has 0 aliphatic carbocycles. The van der Waals surface area contributed by atoms with Crippen molar-refractivity contribution in [2.24, 2.45) is 0 Å². The number of nitrogen functional groups attached to an aromatic ring is 1. The van der Waals surface area contributed by atoms with E-state index in [1.54, 1.807) is 43.5 Å². The number of ether oxygens (including phenoxy) is 1. The molecule has 6 nitrogen and oxygen atoms in total. The zero-order valence-corrected chi connectivity index (χ0v) is 13.6. The minimum Gasteiger partial charge on any atom is -0.497 e. The standard InChI is InChI=1S/C17H15ClN4O2/c1-24-14-4-2-3-12(7-14)21-10-11(9-19)17(23)22-13-5-6-16(20)15(18)8-13/h2-8,10,21H,20H2,1H3,(H,22,23)/b11-10-. The Kier molecular flexibility index (Phi) is 5.66. The highest BCUT2D eigenvalue weighted by atomic mass is 35.5. The Bertz CT molecular complexity index is 828. The molecule has 0 bridgehead atoms. The van der Waals surface area contributed by atoms with Gasteiger partial charge < -0.3 is 21.1 Å². The fourth-order valence-corrected chi connectivity index (χ4v) is 2.00. The van der Waals surface area contributed by atoms with Crippen LogP contribution in [0.15, 0.2) is 54.2 Å². The Labute approximate surface area is 144 Å². The van der Waals surface area contributed by atoms with Crippen LogP contribution in [0, 0.1) is 11.3 Å². The van der Waals surface area contributed by atoms with Gasteiger partial charge in [-0.3, -0.25) is 4.79 Å². The molecule has 0 saturated carbocycles. The maximum Gasteiger partial charge on any atom is 0.267 e. The van der Waals surface area contributed by atoms with E-state index < -0.39 is 5.91 Å². The Morgan fingerprint density at radius 3 is 2.75 bits per heavy atom. The first-order valence-electron chi connectivity index (χ1n) is 6.90. The molecule has 2 aromatic carbocycles. The van der Waals surface area contributed by atoms with Crippen molar-refractivity contribution in [3.8, 4) is 11.8 Å². The number of nitrogens with zero attached hydrogens (tertiary/aromatic N) is 1. The number of nitrogens with one attached hydrogen (secondary N) is 2. The Hall–Kier alpha value is -3.17. The maximum atomic E-state index is 12.1. The Balaban J connectivity index is 2.10. The van der Waals surface area contributed by atoms with Gasteiger partial charge in [0, 0.05) is 23.6 Å². The molecule has 2 aromatic rings. The number of anilines is 3. The predicted molar refractivity (Wildman–Crippen MR) is 94.8 cm³/mol. The normalized spacial score (nSPS) is 10.6. The van der Waals surface area contributed by atoms with Gasteiger partial charge in [-0.1, -0.05) is 17.7 Å². The van der Waals surface area contributed by atoms with Crippen molar-refractivity contribution < 1.29 is 9.53 Å². The molecule has 0 fully saturated rings. The molecule has 1 amide bonds. The zero-order chi connectivity index (χ0) is 17.5. The van der Waals surface area contributed by atoms with Crippen LogP contribution < -0.4 is 21.1 Å². The zero-order valence-electron chi connectivity index (χ0n) is 12.8. The number of methoxy groups -OCH3 is 1. The molecular weight excluding hydrogens is 328 g/mol. The van der Waals surface area contributed by atoms with Crippen LogP contribution in [-0.2, 0) is 4.79 Å². The van der Waals surface area contributed by atoms with Gasteiger partial charge in [0.25, 0.3) is 5.91 Å². The second kappa shape index (κ2) is 7.90. The van der Waals surface area contributed by atoms with E-state index in [0.717, 1.165) is 0 Å². The summed E-state index contributed by atoms with van der Waals surface area (Å²) in [7, 11) is 1.56. The van der Waals surface area contributed by atoms with Crippen LogP contribution in [0.4, 0.5) is 17.1 Å². The van der Waals surface area contributed by atoms with Gasteiger partial charge in [0.15, 0.2) is 0 Å². The molecule has 0 spiro atoms. The van der Waals surface area contributed by atoms with Crippen molar-refractivity contribution >= 4 is 34.6 Å². The fourth-order valence-electron chi connectivity index (χ4n) is 1.82. The van der Waals surface area contributed by atoms with Gasteiger partial charge in [-0.25, -0.2) is 0 Å². The maximum absolute atomic E-state index is 12.1. The molecule has 24 heavy (non-hydrogen) atoms. The lowest BCUT2D eigenvalue weighted by atomic mass is 10.2. The summed E-state index contributed by atoms with van der Waals surface area (Å²) >= 11 is 5.90. The molecule has 0 unspecified atom stereocenters.